The second-order valence-corrected chi connectivity index (χ2v) is 5.05. The van der Waals surface area contributed by atoms with Crippen molar-refractivity contribution in [1.82, 2.24) is 5.32 Å². The second kappa shape index (κ2) is 8.80. The summed E-state index contributed by atoms with van der Waals surface area (Å²) < 4.78 is 10.1. The third-order valence-electron chi connectivity index (χ3n) is 2.88. The summed E-state index contributed by atoms with van der Waals surface area (Å²) in [6.07, 6.45) is 0. The summed E-state index contributed by atoms with van der Waals surface area (Å²) in [5.74, 6) is -0.626. The molecule has 2 aromatic rings. The minimum Gasteiger partial charge on any atom is -0.480 e. The normalized spacial score (nSPS) is 9.96. The molecule has 0 aliphatic rings. The molecule has 120 valence electrons. The van der Waals surface area contributed by atoms with E-state index in [1.165, 1.54) is 0 Å². The van der Waals surface area contributed by atoms with E-state index >= 15 is 0 Å². The van der Waals surface area contributed by atoms with Gasteiger partial charge in [0, 0.05) is 6.54 Å². The fraction of sp³-hybridized carbons (Fsp3) is 0.176. The Balaban J connectivity index is 1.66. The van der Waals surface area contributed by atoms with Gasteiger partial charge in [-0.1, -0.05) is 54.1 Å². The molecule has 0 aliphatic carbocycles. The maximum atomic E-state index is 11.6. The highest BCUT2D eigenvalue weighted by molar-refractivity contribution is 6.32. The van der Waals surface area contributed by atoms with Crippen LogP contribution in [0.2, 0.25) is 5.02 Å². The number of para-hydroxylation sites is 1. The van der Waals surface area contributed by atoms with E-state index in [1.54, 1.807) is 24.3 Å². The Labute approximate surface area is 139 Å². The smallest absolute Gasteiger partial charge is 0.344 e. The van der Waals surface area contributed by atoms with Crippen LogP contribution in [-0.4, -0.2) is 25.1 Å². The van der Waals surface area contributed by atoms with Crippen molar-refractivity contribution in [2.24, 2.45) is 0 Å². The lowest BCUT2D eigenvalue weighted by Gasteiger charge is -2.08. The van der Waals surface area contributed by atoms with Crippen molar-refractivity contribution in [2.75, 3.05) is 13.2 Å². The highest BCUT2D eigenvalue weighted by atomic mass is 35.5. The maximum absolute atomic E-state index is 11.6. The summed E-state index contributed by atoms with van der Waals surface area (Å²) in [6, 6.07) is 16.2. The predicted octanol–water partition coefficient (Wildman–Crippen LogP) is 2.58. The number of halogens is 1. The van der Waals surface area contributed by atoms with Crippen LogP contribution in [0, 0.1) is 0 Å². The molecule has 6 heteroatoms. The van der Waals surface area contributed by atoms with Gasteiger partial charge in [0.15, 0.2) is 13.2 Å². The lowest BCUT2D eigenvalue weighted by Crippen LogP contribution is -2.29. The first-order chi connectivity index (χ1) is 11.1. The molecule has 23 heavy (non-hydrogen) atoms. The SMILES string of the molecule is O=C(COC(=O)COc1ccccc1Cl)NCc1ccccc1. The van der Waals surface area contributed by atoms with Crippen molar-refractivity contribution in [2.45, 2.75) is 6.54 Å². The van der Waals surface area contributed by atoms with Crippen LogP contribution >= 0.6 is 11.6 Å². The number of benzene rings is 2. The number of esters is 1. The van der Waals surface area contributed by atoms with Crippen molar-refractivity contribution in [3.05, 3.63) is 65.2 Å². The lowest BCUT2D eigenvalue weighted by atomic mass is 10.2. The van der Waals surface area contributed by atoms with Crippen LogP contribution in [0.1, 0.15) is 5.56 Å². The molecule has 0 bridgehead atoms. The third kappa shape index (κ3) is 6.00. The first-order valence-corrected chi connectivity index (χ1v) is 7.36. The highest BCUT2D eigenvalue weighted by Gasteiger charge is 2.09. The molecule has 0 saturated heterocycles. The number of ether oxygens (including phenoxy) is 2. The Morgan fingerprint density at radius 1 is 0.957 bits per heavy atom. The summed E-state index contributed by atoms with van der Waals surface area (Å²) in [7, 11) is 0. The first kappa shape index (κ1) is 16.8. The van der Waals surface area contributed by atoms with Crippen LogP contribution in [0.3, 0.4) is 0 Å². The molecule has 0 spiro atoms. The van der Waals surface area contributed by atoms with E-state index in [0.717, 1.165) is 5.56 Å². The van der Waals surface area contributed by atoms with Crippen molar-refractivity contribution in [3.63, 3.8) is 0 Å². The van der Waals surface area contributed by atoms with Gasteiger partial charge in [-0.05, 0) is 17.7 Å². The Hall–Kier alpha value is -2.53. The van der Waals surface area contributed by atoms with Crippen LogP contribution in [0.25, 0.3) is 0 Å². The second-order valence-electron chi connectivity index (χ2n) is 4.64. The Bertz CT molecular complexity index is 661. The van der Waals surface area contributed by atoms with E-state index in [2.05, 4.69) is 5.32 Å². The molecular weight excluding hydrogens is 318 g/mol. The molecule has 2 aromatic carbocycles. The average Bonchev–Trinajstić information content (AvgIpc) is 2.58. The largest absolute Gasteiger partial charge is 0.480 e. The van der Waals surface area contributed by atoms with E-state index in [1.807, 2.05) is 30.3 Å². The predicted molar refractivity (Wildman–Crippen MR) is 86.2 cm³/mol. The van der Waals surface area contributed by atoms with Crippen molar-refractivity contribution in [1.29, 1.82) is 0 Å². The van der Waals surface area contributed by atoms with Gasteiger partial charge in [-0.25, -0.2) is 4.79 Å². The van der Waals surface area contributed by atoms with Crippen molar-refractivity contribution in [3.8, 4) is 5.75 Å². The molecule has 1 amide bonds. The number of carbonyl (C=O) groups excluding carboxylic acids is 2. The number of hydrogen-bond donors (Lipinski definition) is 1. The van der Waals surface area contributed by atoms with Gasteiger partial charge in [-0.15, -0.1) is 0 Å². The summed E-state index contributed by atoms with van der Waals surface area (Å²) >= 11 is 5.89. The molecule has 0 heterocycles. The van der Waals surface area contributed by atoms with Crippen LogP contribution < -0.4 is 10.1 Å². The van der Waals surface area contributed by atoms with Gasteiger partial charge < -0.3 is 14.8 Å². The van der Waals surface area contributed by atoms with Gasteiger partial charge in [0.25, 0.3) is 5.91 Å². The van der Waals surface area contributed by atoms with Crippen LogP contribution in [0.15, 0.2) is 54.6 Å². The Kier molecular flexibility index (Phi) is 6.44. The quantitative estimate of drug-likeness (QED) is 0.791. The molecule has 1 N–H and O–H groups in total. The lowest BCUT2D eigenvalue weighted by molar-refractivity contribution is -0.150. The zero-order valence-corrected chi connectivity index (χ0v) is 13.1. The average molecular weight is 334 g/mol. The minimum atomic E-state index is -0.639. The fourth-order valence-corrected chi connectivity index (χ4v) is 1.92. The van der Waals surface area contributed by atoms with Gasteiger partial charge in [-0.2, -0.15) is 0 Å². The zero-order valence-electron chi connectivity index (χ0n) is 12.3. The number of rotatable bonds is 7. The van der Waals surface area contributed by atoms with E-state index in [-0.39, 0.29) is 19.1 Å². The third-order valence-corrected chi connectivity index (χ3v) is 3.19. The minimum absolute atomic E-state index is 0.310. The molecule has 0 aliphatic heterocycles. The molecule has 0 aromatic heterocycles. The van der Waals surface area contributed by atoms with Gasteiger partial charge in [0.2, 0.25) is 0 Å². The Morgan fingerprint density at radius 3 is 2.39 bits per heavy atom. The van der Waals surface area contributed by atoms with Crippen LogP contribution in [-0.2, 0) is 20.9 Å². The fourth-order valence-electron chi connectivity index (χ4n) is 1.73. The first-order valence-electron chi connectivity index (χ1n) is 6.99. The van der Waals surface area contributed by atoms with E-state index in [9.17, 15) is 9.59 Å². The molecule has 0 unspecified atom stereocenters. The molecule has 5 nitrogen and oxygen atoms in total. The number of carbonyl (C=O) groups is 2. The molecule has 0 saturated carbocycles. The summed E-state index contributed by atoms with van der Waals surface area (Å²) in [4.78, 5) is 23.1. The molecule has 0 radical (unpaired) electrons. The van der Waals surface area contributed by atoms with E-state index < -0.39 is 5.97 Å². The van der Waals surface area contributed by atoms with Gasteiger partial charge >= 0.3 is 5.97 Å². The number of nitrogens with one attached hydrogen (secondary N) is 1. The topological polar surface area (TPSA) is 64.6 Å². The van der Waals surface area contributed by atoms with Gasteiger partial charge in [0.1, 0.15) is 5.75 Å². The van der Waals surface area contributed by atoms with Gasteiger partial charge in [0.05, 0.1) is 5.02 Å². The summed E-state index contributed by atoms with van der Waals surface area (Å²) in [5, 5.41) is 3.06. The number of hydrogen-bond acceptors (Lipinski definition) is 4. The standard InChI is InChI=1S/C17H16ClNO4/c18-14-8-4-5-9-15(14)22-12-17(21)23-11-16(20)19-10-13-6-2-1-3-7-13/h1-9H,10-12H2,(H,19,20). The maximum Gasteiger partial charge on any atom is 0.344 e. The van der Waals surface area contributed by atoms with E-state index in [0.29, 0.717) is 17.3 Å². The van der Waals surface area contributed by atoms with Crippen LogP contribution in [0.5, 0.6) is 5.75 Å². The molecule has 0 atom stereocenters. The molecule has 0 fully saturated rings. The van der Waals surface area contributed by atoms with E-state index in [4.69, 9.17) is 21.1 Å². The van der Waals surface area contributed by atoms with Crippen molar-refractivity contribution >= 4 is 23.5 Å². The Morgan fingerprint density at radius 2 is 1.65 bits per heavy atom. The highest BCUT2D eigenvalue weighted by Crippen LogP contribution is 2.22. The molecule has 2 rings (SSSR count). The molecular formula is C17H16ClNO4. The van der Waals surface area contributed by atoms with Gasteiger partial charge in [-0.3, -0.25) is 4.79 Å². The summed E-state index contributed by atoms with van der Waals surface area (Å²) in [5.41, 5.74) is 0.967. The summed E-state index contributed by atoms with van der Waals surface area (Å²) in [6.45, 7) is -0.277. The zero-order chi connectivity index (χ0) is 16.5. The number of amides is 1. The monoisotopic (exact) mass is 333 g/mol. The van der Waals surface area contributed by atoms with Crippen LogP contribution in [0.4, 0.5) is 0 Å². The van der Waals surface area contributed by atoms with Crippen molar-refractivity contribution < 1.29 is 19.1 Å².